The Morgan fingerprint density at radius 3 is 2.29 bits per heavy atom. The first-order valence-corrected chi connectivity index (χ1v) is 7.03. The third-order valence-corrected chi connectivity index (χ3v) is 3.69. The largest absolute Gasteiger partial charge is 0.417 e. The summed E-state index contributed by atoms with van der Waals surface area (Å²) < 4.78 is 44.2. The van der Waals surface area contributed by atoms with Crippen molar-refractivity contribution in [1.29, 1.82) is 5.26 Å². The maximum Gasteiger partial charge on any atom is 0.417 e. The number of hydrogen-bond donors (Lipinski definition) is 0. The lowest BCUT2D eigenvalue weighted by Crippen LogP contribution is -2.42. The second-order valence-corrected chi connectivity index (χ2v) is 5.26. The van der Waals surface area contributed by atoms with Gasteiger partial charge in [-0.3, -0.25) is 14.5 Å². The normalized spacial score (nSPS) is 13.8. The van der Waals surface area contributed by atoms with E-state index in [1.54, 1.807) is 6.92 Å². The van der Waals surface area contributed by atoms with E-state index in [1.165, 1.54) is 20.1 Å². The second-order valence-electron chi connectivity index (χ2n) is 5.26. The van der Waals surface area contributed by atoms with Crippen molar-refractivity contribution in [3.63, 3.8) is 0 Å². The monoisotopic (exact) mass is 342 g/mol. The Kier molecular flexibility index (Phi) is 6.10. The van der Waals surface area contributed by atoms with Crippen molar-refractivity contribution in [3.05, 3.63) is 29.3 Å². The number of nitrogens with zero attached hydrogens (tertiary/aromatic N) is 2. The zero-order valence-corrected chi connectivity index (χ0v) is 13.6. The molecule has 0 aliphatic carbocycles. The van der Waals surface area contributed by atoms with Gasteiger partial charge in [-0.25, -0.2) is 0 Å². The number of methoxy groups -OCH3 is 1. The molecule has 1 aromatic carbocycles. The van der Waals surface area contributed by atoms with E-state index in [-0.39, 0.29) is 5.69 Å². The highest BCUT2D eigenvalue weighted by Gasteiger charge is 2.36. The highest BCUT2D eigenvalue weighted by molar-refractivity contribution is 6.14. The number of halogens is 3. The summed E-state index contributed by atoms with van der Waals surface area (Å²) in [6, 6.07) is 4.15. The van der Waals surface area contributed by atoms with Crippen LogP contribution in [0.25, 0.3) is 0 Å². The number of imide groups is 1. The van der Waals surface area contributed by atoms with Crippen molar-refractivity contribution in [2.24, 2.45) is 5.92 Å². The van der Waals surface area contributed by atoms with Gasteiger partial charge in [-0.15, -0.1) is 0 Å². The van der Waals surface area contributed by atoms with Crippen LogP contribution in [0, 0.1) is 17.2 Å². The molecule has 0 bridgehead atoms. The summed E-state index contributed by atoms with van der Waals surface area (Å²) in [5.41, 5.74) is -2.02. The molecular weight excluding hydrogens is 325 g/mol. The van der Waals surface area contributed by atoms with Crippen LogP contribution in [0.3, 0.4) is 0 Å². The van der Waals surface area contributed by atoms with Crippen molar-refractivity contribution in [1.82, 2.24) is 0 Å². The zero-order chi connectivity index (χ0) is 18.7. The summed E-state index contributed by atoms with van der Waals surface area (Å²) in [4.78, 5) is 25.0. The number of anilines is 1. The molecule has 2 unspecified atom stereocenters. The number of benzene rings is 1. The van der Waals surface area contributed by atoms with Crippen LogP contribution in [0.15, 0.2) is 18.2 Å². The predicted molar refractivity (Wildman–Crippen MR) is 80.0 cm³/mol. The number of hydrogen-bond acceptors (Lipinski definition) is 4. The van der Waals surface area contributed by atoms with Gasteiger partial charge < -0.3 is 4.74 Å². The molecule has 1 rings (SSSR count). The first-order valence-electron chi connectivity index (χ1n) is 7.03. The van der Waals surface area contributed by atoms with Crippen molar-refractivity contribution >= 4 is 17.5 Å². The van der Waals surface area contributed by atoms with Gasteiger partial charge >= 0.3 is 6.18 Å². The number of amides is 2. The Morgan fingerprint density at radius 2 is 1.88 bits per heavy atom. The van der Waals surface area contributed by atoms with Crippen LogP contribution in [-0.4, -0.2) is 25.0 Å². The van der Waals surface area contributed by atoms with Crippen LogP contribution in [-0.2, 0) is 20.5 Å². The Morgan fingerprint density at radius 1 is 1.29 bits per heavy atom. The van der Waals surface area contributed by atoms with Crippen molar-refractivity contribution in [2.45, 2.75) is 33.1 Å². The molecule has 0 saturated carbocycles. The van der Waals surface area contributed by atoms with Gasteiger partial charge in [-0.05, 0) is 25.1 Å². The van der Waals surface area contributed by atoms with Crippen molar-refractivity contribution < 1.29 is 27.5 Å². The summed E-state index contributed by atoms with van der Waals surface area (Å²) in [5.74, 6) is -2.16. The summed E-state index contributed by atoms with van der Waals surface area (Å²) in [6.45, 7) is 4.20. The summed E-state index contributed by atoms with van der Waals surface area (Å²) in [5, 5.41) is 8.81. The fourth-order valence-electron chi connectivity index (χ4n) is 2.08. The standard InChI is InChI=1S/C16H17F3N2O3/c1-9(10(2)24-4)15(23)21(11(3)22)13-6-5-12(8-20)14(7-13)16(17,18)19/h5-7,9-10H,1-4H3. The average molecular weight is 342 g/mol. The molecular formula is C16H17F3N2O3. The molecule has 5 nitrogen and oxygen atoms in total. The van der Waals surface area contributed by atoms with E-state index < -0.39 is 41.1 Å². The maximum absolute atomic E-state index is 13.1. The van der Waals surface area contributed by atoms with Crippen LogP contribution in [0.5, 0.6) is 0 Å². The number of ether oxygens (including phenoxy) is 1. The summed E-state index contributed by atoms with van der Waals surface area (Å²) >= 11 is 0. The quantitative estimate of drug-likeness (QED) is 0.843. The molecule has 0 aromatic heterocycles. The lowest BCUT2D eigenvalue weighted by atomic mass is 10.0. The molecule has 1 aromatic rings. The first-order chi connectivity index (χ1) is 11.0. The molecule has 0 aliphatic heterocycles. The van der Waals surface area contributed by atoms with E-state index in [9.17, 15) is 22.8 Å². The van der Waals surface area contributed by atoms with Gasteiger partial charge in [0.15, 0.2) is 0 Å². The van der Waals surface area contributed by atoms with E-state index in [0.717, 1.165) is 19.1 Å². The molecule has 0 aliphatic rings. The number of alkyl halides is 3. The van der Waals surface area contributed by atoms with E-state index in [1.807, 2.05) is 0 Å². The van der Waals surface area contributed by atoms with Crippen LogP contribution in [0.4, 0.5) is 18.9 Å². The summed E-state index contributed by atoms with van der Waals surface area (Å²) in [7, 11) is 1.38. The van der Waals surface area contributed by atoms with E-state index >= 15 is 0 Å². The lowest BCUT2D eigenvalue weighted by Gasteiger charge is -2.26. The molecule has 0 fully saturated rings. The minimum atomic E-state index is -4.78. The molecule has 0 radical (unpaired) electrons. The smallest absolute Gasteiger partial charge is 0.381 e. The Bertz CT molecular complexity index is 680. The fraction of sp³-hybridized carbons (Fsp3) is 0.438. The number of carbonyl (C=O) groups is 2. The predicted octanol–water partition coefficient (Wildman–Crippen LogP) is 3.13. The summed E-state index contributed by atoms with van der Waals surface area (Å²) in [6.07, 6.45) is -5.31. The Labute approximate surface area is 137 Å². The van der Waals surface area contributed by atoms with Crippen LogP contribution < -0.4 is 4.90 Å². The minimum absolute atomic E-state index is 0.242. The van der Waals surface area contributed by atoms with Gasteiger partial charge in [0.25, 0.3) is 0 Å². The van der Waals surface area contributed by atoms with E-state index in [2.05, 4.69) is 0 Å². The number of rotatable bonds is 4. The zero-order valence-electron chi connectivity index (χ0n) is 13.6. The molecule has 0 heterocycles. The maximum atomic E-state index is 13.1. The molecule has 8 heteroatoms. The van der Waals surface area contributed by atoms with Gasteiger partial charge in [-0.2, -0.15) is 18.4 Å². The van der Waals surface area contributed by atoms with Gasteiger partial charge in [-0.1, -0.05) is 6.92 Å². The van der Waals surface area contributed by atoms with Crippen LogP contribution in [0.2, 0.25) is 0 Å². The first kappa shape index (κ1) is 19.6. The molecule has 130 valence electrons. The molecule has 2 atom stereocenters. The average Bonchev–Trinajstić information content (AvgIpc) is 2.52. The highest BCUT2D eigenvalue weighted by Crippen LogP contribution is 2.34. The molecule has 24 heavy (non-hydrogen) atoms. The topological polar surface area (TPSA) is 70.4 Å². The van der Waals surface area contributed by atoms with Gasteiger partial charge in [0.2, 0.25) is 11.8 Å². The van der Waals surface area contributed by atoms with E-state index in [4.69, 9.17) is 10.00 Å². The molecule has 2 amide bonds. The van der Waals surface area contributed by atoms with Crippen molar-refractivity contribution in [3.8, 4) is 6.07 Å². The SMILES string of the molecule is COC(C)C(C)C(=O)N(C(C)=O)c1ccc(C#N)c(C(F)(F)F)c1. The van der Waals surface area contributed by atoms with Crippen LogP contribution >= 0.6 is 0 Å². The number of carbonyl (C=O) groups excluding carboxylic acids is 2. The molecule has 0 N–H and O–H groups in total. The second kappa shape index (κ2) is 7.45. The Balaban J connectivity index is 3.41. The van der Waals surface area contributed by atoms with Gasteiger partial charge in [0.1, 0.15) is 0 Å². The highest BCUT2D eigenvalue weighted by atomic mass is 19.4. The third kappa shape index (κ3) is 4.11. The van der Waals surface area contributed by atoms with Gasteiger partial charge in [0, 0.05) is 14.0 Å². The van der Waals surface area contributed by atoms with Gasteiger partial charge in [0.05, 0.1) is 34.9 Å². The fourth-order valence-corrected chi connectivity index (χ4v) is 2.08. The molecule has 0 saturated heterocycles. The third-order valence-electron chi connectivity index (χ3n) is 3.69. The van der Waals surface area contributed by atoms with Crippen molar-refractivity contribution in [2.75, 3.05) is 12.0 Å². The lowest BCUT2D eigenvalue weighted by molar-refractivity contribution is -0.138. The Hall–Kier alpha value is -2.40. The van der Waals surface area contributed by atoms with E-state index in [0.29, 0.717) is 11.0 Å². The molecule has 0 spiro atoms. The van der Waals surface area contributed by atoms with Crippen LogP contribution in [0.1, 0.15) is 31.9 Å². The number of nitriles is 1. The minimum Gasteiger partial charge on any atom is -0.381 e.